The van der Waals surface area contributed by atoms with Crippen LogP contribution in [0.5, 0.6) is 0 Å². The largest absolute Gasteiger partial charge is 0.463 e. The van der Waals surface area contributed by atoms with Crippen LogP contribution in [0.3, 0.4) is 0 Å². The van der Waals surface area contributed by atoms with E-state index >= 15 is 0 Å². The highest BCUT2D eigenvalue weighted by Crippen LogP contribution is 2.18. The number of hydrogen-bond donors (Lipinski definition) is 2. The number of ether oxygens (including phenoxy) is 2. The number of rotatable bonds is 7. The minimum Gasteiger partial charge on any atom is -0.463 e. The van der Waals surface area contributed by atoms with Crippen molar-refractivity contribution in [2.45, 2.75) is 44.9 Å². The predicted octanol–water partition coefficient (Wildman–Crippen LogP) is 1.99. The summed E-state index contributed by atoms with van der Waals surface area (Å²) < 4.78 is 10.6. The van der Waals surface area contributed by atoms with Gasteiger partial charge in [-0.15, -0.1) is 12.4 Å². The summed E-state index contributed by atoms with van der Waals surface area (Å²) in [7, 11) is 0. The third-order valence-electron chi connectivity index (χ3n) is 3.71. The van der Waals surface area contributed by atoms with E-state index in [4.69, 9.17) is 9.47 Å². The van der Waals surface area contributed by atoms with E-state index in [1.165, 1.54) is 0 Å². The van der Waals surface area contributed by atoms with Crippen LogP contribution in [0.15, 0.2) is 30.3 Å². The molecule has 2 rings (SSSR count). The Balaban J connectivity index is 0.00000312. The number of hydrogen-bond acceptors (Lipinski definition) is 5. The van der Waals surface area contributed by atoms with Crippen LogP contribution in [0.2, 0.25) is 0 Å². The van der Waals surface area contributed by atoms with Crippen molar-refractivity contribution in [2.75, 3.05) is 19.8 Å². The first kappa shape index (κ1) is 21.4. The molecule has 1 aliphatic rings. The molecule has 1 aromatic carbocycles. The SMILES string of the molecule is CC(C)OC(=O)CC(NC(=O)CC1COCCN1)c1ccccc1.Cl. The molecule has 0 aliphatic carbocycles. The predicted molar refractivity (Wildman–Crippen MR) is 97.6 cm³/mol. The van der Waals surface area contributed by atoms with E-state index in [2.05, 4.69) is 10.6 Å². The molecule has 6 nitrogen and oxygen atoms in total. The van der Waals surface area contributed by atoms with Gasteiger partial charge in [-0.1, -0.05) is 30.3 Å². The van der Waals surface area contributed by atoms with Crippen LogP contribution in [0.25, 0.3) is 0 Å². The summed E-state index contributed by atoms with van der Waals surface area (Å²) in [5.41, 5.74) is 0.888. The van der Waals surface area contributed by atoms with Gasteiger partial charge in [0.25, 0.3) is 0 Å². The molecular formula is C18H27ClN2O4. The molecule has 2 atom stereocenters. The number of nitrogens with one attached hydrogen (secondary N) is 2. The quantitative estimate of drug-likeness (QED) is 0.718. The normalized spacial score (nSPS) is 18.1. The highest BCUT2D eigenvalue weighted by molar-refractivity contribution is 5.85. The maximum Gasteiger partial charge on any atom is 0.308 e. The molecule has 1 heterocycles. The van der Waals surface area contributed by atoms with E-state index in [0.717, 1.165) is 12.1 Å². The standard InChI is InChI=1S/C18H26N2O4.ClH/c1-13(2)24-18(22)11-16(14-6-4-3-5-7-14)20-17(21)10-15-12-23-9-8-19-15;/h3-7,13,15-16,19H,8-12H2,1-2H3,(H,20,21);1H. The van der Waals surface area contributed by atoms with Crippen molar-refractivity contribution in [3.8, 4) is 0 Å². The number of amides is 1. The van der Waals surface area contributed by atoms with Crippen molar-refractivity contribution < 1.29 is 19.1 Å². The summed E-state index contributed by atoms with van der Waals surface area (Å²) in [6.07, 6.45) is 0.263. The van der Waals surface area contributed by atoms with Crippen molar-refractivity contribution in [2.24, 2.45) is 0 Å². The Morgan fingerprint density at radius 1 is 1.32 bits per heavy atom. The Morgan fingerprint density at radius 3 is 2.64 bits per heavy atom. The second-order valence-electron chi connectivity index (χ2n) is 6.20. The minimum absolute atomic E-state index is 0. The van der Waals surface area contributed by atoms with Crippen LogP contribution in [-0.4, -0.2) is 43.8 Å². The lowest BCUT2D eigenvalue weighted by molar-refractivity contribution is -0.148. The van der Waals surface area contributed by atoms with Crippen LogP contribution in [0, 0.1) is 0 Å². The minimum atomic E-state index is -0.394. The lowest BCUT2D eigenvalue weighted by Crippen LogP contribution is -2.44. The van der Waals surface area contributed by atoms with Crippen LogP contribution < -0.4 is 10.6 Å². The Kier molecular flexibility index (Phi) is 9.49. The monoisotopic (exact) mass is 370 g/mol. The van der Waals surface area contributed by atoms with Crippen LogP contribution in [-0.2, 0) is 19.1 Å². The summed E-state index contributed by atoms with van der Waals surface area (Å²) in [6.45, 7) is 5.57. The maximum absolute atomic E-state index is 12.3. The van der Waals surface area contributed by atoms with Gasteiger partial charge in [0.15, 0.2) is 0 Å². The van der Waals surface area contributed by atoms with Crippen LogP contribution >= 0.6 is 12.4 Å². The van der Waals surface area contributed by atoms with E-state index in [1.54, 1.807) is 0 Å². The molecule has 1 aliphatic heterocycles. The molecule has 0 aromatic heterocycles. The van der Waals surface area contributed by atoms with Crippen molar-refractivity contribution in [1.29, 1.82) is 0 Å². The van der Waals surface area contributed by atoms with Gasteiger partial charge in [0, 0.05) is 19.0 Å². The van der Waals surface area contributed by atoms with E-state index in [1.807, 2.05) is 44.2 Å². The fourth-order valence-electron chi connectivity index (χ4n) is 2.64. The molecule has 7 heteroatoms. The summed E-state index contributed by atoms with van der Waals surface area (Å²) >= 11 is 0. The van der Waals surface area contributed by atoms with Gasteiger partial charge in [-0.3, -0.25) is 9.59 Å². The first-order chi connectivity index (χ1) is 11.5. The summed E-state index contributed by atoms with van der Waals surface area (Å²) in [5, 5.41) is 6.20. The molecule has 2 N–H and O–H groups in total. The summed E-state index contributed by atoms with van der Waals surface area (Å²) in [5.74, 6) is -0.428. The molecule has 0 bridgehead atoms. The molecule has 1 aromatic rings. The molecular weight excluding hydrogens is 344 g/mol. The fourth-order valence-corrected chi connectivity index (χ4v) is 2.64. The van der Waals surface area contributed by atoms with Gasteiger partial charge < -0.3 is 20.1 Å². The summed E-state index contributed by atoms with van der Waals surface area (Å²) in [4.78, 5) is 24.3. The van der Waals surface area contributed by atoms with E-state index < -0.39 is 6.04 Å². The number of benzene rings is 1. The van der Waals surface area contributed by atoms with Gasteiger partial charge in [-0.05, 0) is 19.4 Å². The lowest BCUT2D eigenvalue weighted by atomic mass is 10.0. The zero-order valence-corrected chi connectivity index (χ0v) is 15.5. The smallest absolute Gasteiger partial charge is 0.308 e. The first-order valence-corrected chi connectivity index (χ1v) is 8.39. The maximum atomic E-state index is 12.3. The lowest BCUT2D eigenvalue weighted by Gasteiger charge is -2.25. The van der Waals surface area contributed by atoms with Gasteiger partial charge in [0.1, 0.15) is 0 Å². The fraction of sp³-hybridized carbons (Fsp3) is 0.556. The highest BCUT2D eigenvalue weighted by Gasteiger charge is 2.22. The number of morpholine rings is 1. The van der Waals surface area contributed by atoms with E-state index in [-0.39, 0.29) is 42.9 Å². The third-order valence-corrected chi connectivity index (χ3v) is 3.71. The number of carbonyl (C=O) groups is 2. The molecule has 1 amide bonds. The van der Waals surface area contributed by atoms with Gasteiger partial charge in [-0.2, -0.15) is 0 Å². The van der Waals surface area contributed by atoms with Gasteiger partial charge in [0.05, 0.1) is 31.8 Å². The van der Waals surface area contributed by atoms with Crippen molar-refractivity contribution in [3.05, 3.63) is 35.9 Å². The average Bonchev–Trinajstić information content (AvgIpc) is 2.55. The van der Waals surface area contributed by atoms with Crippen LogP contribution in [0.1, 0.15) is 38.3 Å². The molecule has 25 heavy (non-hydrogen) atoms. The molecule has 0 spiro atoms. The second-order valence-corrected chi connectivity index (χ2v) is 6.20. The second kappa shape index (κ2) is 11.1. The van der Waals surface area contributed by atoms with Crippen molar-refractivity contribution in [3.63, 3.8) is 0 Å². The zero-order chi connectivity index (χ0) is 17.4. The molecule has 0 saturated carbocycles. The van der Waals surface area contributed by atoms with Crippen molar-refractivity contribution >= 4 is 24.3 Å². The average molecular weight is 371 g/mol. The van der Waals surface area contributed by atoms with Gasteiger partial charge >= 0.3 is 5.97 Å². The Hall–Kier alpha value is -1.63. The molecule has 140 valence electrons. The Bertz CT molecular complexity index is 533. The Morgan fingerprint density at radius 2 is 2.04 bits per heavy atom. The zero-order valence-electron chi connectivity index (χ0n) is 14.7. The molecule has 2 unspecified atom stereocenters. The van der Waals surface area contributed by atoms with Crippen molar-refractivity contribution in [1.82, 2.24) is 10.6 Å². The molecule has 1 saturated heterocycles. The first-order valence-electron chi connectivity index (χ1n) is 8.39. The number of carbonyl (C=O) groups excluding carboxylic acids is 2. The third kappa shape index (κ3) is 7.86. The van der Waals surface area contributed by atoms with Gasteiger partial charge in [-0.25, -0.2) is 0 Å². The molecule has 0 radical (unpaired) electrons. The highest BCUT2D eigenvalue weighted by atomic mass is 35.5. The molecule has 1 fully saturated rings. The van der Waals surface area contributed by atoms with E-state index in [0.29, 0.717) is 19.6 Å². The topological polar surface area (TPSA) is 76.7 Å². The van der Waals surface area contributed by atoms with Crippen LogP contribution in [0.4, 0.5) is 0 Å². The van der Waals surface area contributed by atoms with E-state index in [9.17, 15) is 9.59 Å². The number of esters is 1. The van der Waals surface area contributed by atoms with Gasteiger partial charge in [0.2, 0.25) is 5.91 Å². The Labute approximate surface area is 155 Å². The number of halogens is 1. The summed E-state index contributed by atoms with van der Waals surface area (Å²) in [6, 6.07) is 9.09.